The lowest BCUT2D eigenvalue weighted by molar-refractivity contribution is 0.0679. The van der Waals surface area contributed by atoms with Crippen LogP contribution in [0.1, 0.15) is 34.7 Å². The van der Waals surface area contributed by atoms with Crippen molar-refractivity contribution in [3.8, 4) is 0 Å². The van der Waals surface area contributed by atoms with E-state index >= 15 is 0 Å². The summed E-state index contributed by atoms with van der Waals surface area (Å²) < 4.78 is 6.98. The number of aromatic nitrogens is 3. The number of carbonyl (C=O) groups excluding carboxylic acids is 1. The van der Waals surface area contributed by atoms with Crippen molar-refractivity contribution in [2.45, 2.75) is 39.3 Å². The molecule has 0 N–H and O–H groups in total. The molecule has 3 rings (SSSR count). The minimum absolute atomic E-state index is 0.0722. The molecule has 0 bridgehead atoms. The molecule has 1 aliphatic heterocycles. The third-order valence-corrected chi connectivity index (χ3v) is 3.64. The quantitative estimate of drug-likeness (QED) is 0.856. The average Bonchev–Trinajstić information content (AvgIpc) is 3.11. The Hall–Kier alpha value is -2.11. The fraction of sp³-hybridized carbons (Fsp3) is 0.500. The van der Waals surface area contributed by atoms with Crippen molar-refractivity contribution in [2.75, 3.05) is 6.54 Å². The largest absolute Gasteiger partial charge is 0.351 e. The van der Waals surface area contributed by atoms with E-state index in [1.807, 2.05) is 35.8 Å². The van der Waals surface area contributed by atoms with Crippen molar-refractivity contribution in [2.24, 2.45) is 0 Å². The van der Waals surface area contributed by atoms with E-state index in [0.717, 1.165) is 37.2 Å². The Bertz CT molecular complexity index is 616. The fourth-order valence-corrected chi connectivity index (χ4v) is 2.68. The number of aryl methyl sites for hydroxylation is 2. The molecule has 6 nitrogen and oxygen atoms in total. The Morgan fingerprint density at radius 3 is 3.00 bits per heavy atom. The number of nitrogens with zero attached hydrogens (tertiary/aromatic N) is 4. The highest BCUT2D eigenvalue weighted by Gasteiger charge is 2.31. The van der Waals surface area contributed by atoms with Gasteiger partial charge in [0, 0.05) is 18.8 Å². The van der Waals surface area contributed by atoms with Crippen molar-refractivity contribution >= 4 is 5.91 Å². The van der Waals surface area contributed by atoms with Gasteiger partial charge in [-0.15, -0.1) is 0 Å². The fourth-order valence-electron chi connectivity index (χ4n) is 2.68. The zero-order chi connectivity index (χ0) is 14.1. The number of likely N-dealkylation sites (tertiary alicyclic amines) is 1. The molecule has 0 aliphatic carbocycles. The number of hydrogen-bond acceptors (Lipinski definition) is 4. The molecule has 1 amide bonds. The summed E-state index contributed by atoms with van der Waals surface area (Å²) in [5.41, 5.74) is 1.86. The summed E-state index contributed by atoms with van der Waals surface area (Å²) in [4.78, 5) is 14.3. The molecule has 20 heavy (non-hydrogen) atoms. The van der Waals surface area contributed by atoms with Crippen LogP contribution in [0.4, 0.5) is 0 Å². The molecule has 2 aromatic heterocycles. The van der Waals surface area contributed by atoms with Gasteiger partial charge in [-0.1, -0.05) is 5.16 Å². The zero-order valence-corrected chi connectivity index (χ0v) is 11.7. The Kier molecular flexibility index (Phi) is 3.30. The van der Waals surface area contributed by atoms with Gasteiger partial charge in [0.1, 0.15) is 0 Å². The van der Waals surface area contributed by atoms with Crippen LogP contribution in [0.25, 0.3) is 0 Å². The van der Waals surface area contributed by atoms with E-state index in [-0.39, 0.29) is 11.9 Å². The molecule has 0 aromatic carbocycles. The number of amides is 1. The number of rotatable bonds is 3. The van der Waals surface area contributed by atoms with Crippen LogP contribution in [-0.4, -0.2) is 38.3 Å². The second-order valence-electron chi connectivity index (χ2n) is 5.37. The van der Waals surface area contributed by atoms with Gasteiger partial charge in [0.25, 0.3) is 5.91 Å². The monoisotopic (exact) mass is 274 g/mol. The molecule has 106 valence electrons. The second-order valence-corrected chi connectivity index (χ2v) is 5.37. The van der Waals surface area contributed by atoms with Gasteiger partial charge in [-0.2, -0.15) is 5.10 Å². The molecule has 0 spiro atoms. The summed E-state index contributed by atoms with van der Waals surface area (Å²) in [5, 5.41) is 8.07. The summed E-state index contributed by atoms with van der Waals surface area (Å²) in [6, 6.07) is 1.86. The maximum atomic E-state index is 12.4. The topological polar surface area (TPSA) is 64.2 Å². The summed E-state index contributed by atoms with van der Waals surface area (Å²) in [5.74, 6) is 0.253. The highest BCUT2D eigenvalue weighted by Crippen LogP contribution is 2.21. The lowest BCUT2D eigenvalue weighted by Crippen LogP contribution is -2.38. The van der Waals surface area contributed by atoms with E-state index in [9.17, 15) is 4.79 Å². The Morgan fingerprint density at radius 1 is 1.50 bits per heavy atom. The van der Waals surface area contributed by atoms with Crippen LogP contribution >= 0.6 is 0 Å². The highest BCUT2D eigenvalue weighted by atomic mass is 16.5. The van der Waals surface area contributed by atoms with E-state index in [2.05, 4.69) is 10.3 Å². The van der Waals surface area contributed by atoms with Gasteiger partial charge in [0.05, 0.1) is 24.5 Å². The van der Waals surface area contributed by atoms with E-state index in [0.29, 0.717) is 5.76 Å². The molecule has 1 aliphatic rings. The summed E-state index contributed by atoms with van der Waals surface area (Å²) in [7, 11) is 0. The van der Waals surface area contributed by atoms with Gasteiger partial charge in [0.2, 0.25) is 5.76 Å². The van der Waals surface area contributed by atoms with Gasteiger partial charge >= 0.3 is 0 Å². The SMILES string of the molecule is Cc1cnn(C[C@@H]2CCCN2C(=O)c2cc(C)no2)c1. The summed E-state index contributed by atoms with van der Waals surface area (Å²) in [6.45, 7) is 5.32. The van der Waals surface area contributed by atoms with Gasteiger partial charge in [-0.3, -0.25) is 9.48 Å². The highest BCUT2D eigenvalue weighted by molar-refractivity contribution is 5.91. The molecular formula is C14H18N4O2. The smallest absolute Gasteiger partial charge is 0.292 e. The first-order valence-corrected chi connectivity index (χ1v) is 6.87. The van der Waals surface area contributed by atoms with Crippen LogP contribution in [0.3, 0.4) is 0 Å². The van der Waals surface area contributed by atoms with Gasteiger partial charge in [-0.25, -0.2) is 0 Å². The first kappa shape index (κ1) is 12.9. The minimum Gasteiger partial charge on any atom is -0.351 e. The first-order chi connectivity index (χ1) is 9.63. The van der Waals surface area contributed by atoms with E-state index in [1.54, 1.807) is 6.07 Å². The average molecular weight is 274 g/mol. The minimum atomic E-state index is -0.0722. The normalized spacial score (nSPS) is 18.7. The molecular weight excluding hydrogens is 256 g/mol. The van der Waals surface area contributed by atoms with E-state index in [4.69, 9.17) is 4.52 Å². The van der Waals surface area contributed by atoms with Crippen molar-refractivity contribution in [1.82, 2.24) is 19.8 Å². The Balaban J connectivity index is 1.73. The zero-order valence-electron chi connectivity index (χ0n) is 11.7. The predicted octanol–water partition coefficient (Wildman–Crippen LogP) is 1.79. The van der Waals surface area contributed by atoms with Gasteiger partial charge < -0.3 is 9.42 Å². The van der Waals surface area contributed by atoms with E-state index < -0.39 is 0 Å². The molecule has 1 saturated heterocycles. The molecule has 0 radical (unpaired) electrons. The van der Waals surface area contributed by atoms with Crippen molar-refractivity contribution in [3.63, 3.8) is 0 Å². The lowest BCUT2D eigenvalue weighted by Gasteiger charge is -2.23. The van der Waals surface area contributed by atoms with Crippen LogP contribution < -0.4 is 0 Å². The Labute approximate surface area is 117 Å². The maximum absolute atomic E-state index is 12.4. The van der Waals surface area contributed by atoms with Crippen LogP contribution in [0.5, 0.6) is 0 Å². The first-order valence-electron chi connectivity index (χ1n) is 6.87. The molecule has 1 atom stereocenters. The summed E-state index contributed by atoms with van der Waals surface area (Å²) >= 11 is 0. The van der Waals surface area contributed by atoms with Gasteiger partial charge in [0.15, 0.2) is 0 Å². The predicted molar refractivity (Wildman–Crippen MR) is 72.3 cm³/mol. The standard InChI is InChI=1S/C14H18N4O2/c1-10-7-15-17(8-10)9-12-4-3-5-18(12)14(19)13-6-11(2)16-20-13/h6-8,12H,3-5,9H2,1-2H3/t12-/m0/s1. The van der Waals surface area contributed by atoms with Crippen molar-refractivity contribution < 1.29 is 9.32 Å². The molecule has 1 fully saturated rings. The second kappa shape index (κ2) is 5.11. The molecule has 0 saturated carbocycles. The molecule has 2 aromatic rings. The number of hydrogen-bond donors (Lipinski definition) is 0. The van der Waals surface area contributed by atoms with Gasteiger partial charge in [-0.05, 0) is 32.3 Å². The van der Waals surface area contributed by atoms with E-state index in [1.165, 1.54) is 0 Å². The maximum Gasteiger partial charge on any atom is 0.292 e. The molecule has 0 unspecified atom stereocenters. The van der Waals surface area contributed by atoms with Crippen LogP contribution in [0, 0.1) is 13.8 Å². The van der Waals surface area contributed by atoms with Crippen molar-refractivity contribution in [3.05, 3.63) is 35.5 Å². The van der Waals surface area contributed by atoms with Crippen LogP contribution in [0.2, 0.25) is 0 Å². The van der Waals surface area contributed by atoms with Crippen molar-refractivity contribution in [1.29, 1.82) is 0 Å². The molecule has 6 heteroatoms. The lowest BCUT2D eigenvalue weighted by atomic mass is 10.2. The third kappa shape index (κ3) is 2.45. The summed E-state index contributed by atoms with van der Waals surface area (Å²) in [6.07, 6.45) is 5.85. The van der Waals surface area contributed by atoms with Crippen LogP contribution in [0.15, 0.2) is 23.0 Å². The third-order valence-electron chi connectivity index (χ3n) is 3.64. The number of carbonyl (C=O) groups is 1. The van der Waals surface area contributed by atoms with Crippen LogP contribution in [-0.2, 0) is 6.54 Å². The Morgan fingerprint density at radius 2 is 2.35 bits per heavy atom. The molecule has 3 heterocycles.